The molecule has 2 aromatic rings. The van der Waals surface area contributed by atoms with Crippen molar-refractivity contribution in [3.8, 4) is 0 Å². The smallest absolute Gasteiger partial charge is 0.345 e. The summed E-state index contributed by atoms with van der Waals surface area (Å²) in [6.07, 6.45) is 0.902. The molecule has 2 N–H and O–H groups in total. The van der Waals surface area contributed by atoms with Gasteiger partial charge in [-0.15, -0.1) is 22.7 Å². The quantitative estimate of drug-likeness (QED) is 0.805. The number of carbonyl (C=O) groups is 1. The number of hydrogen-bond acceptors (Lipinski definition) is 5. The second-order valence-corrected chi connectivity index (χ2v) is 6.60. The maximum Gasteiger partial charge on any atom is 0.345 e. The highest BCUT2D eigenvalue weighted by molar-refractivity contribution is 7.14. The number of thiazole rings is 1. The molecule has 102 valence electrons. The molecule has 0 aromatic carbocycles. The molecule has 2 rings (SSSR count). The van der Waals surface area contributed by atoms with Gasteiger partial charge in [0.1, 0.15) is 4.88 Å². The van der Waals surface area contributed by atoms with E-state index in [4.69, 9.17) is 5.11 Å². The number of thiophene rings is 1. The molecule has 0 radical (unpaired) electrons. The molecule has 0 fully saturated rings. The summed E-state index contributed by atoms with van der Waals surface area (Å²) in [5, 5.41) is 15.4. The van der Waals surface area contributed by atoms with Crippen molar-refractivity contribution in [2.75, 3.05) is 6.54 Å². The highest BCUT2D eigenvalue weighted by atomic mass is 32.1. The molecule has 0 aliphatic carbocycles. The van der Waals surface area contributed by atoms with Gasteiger partial charge in [0.2, 0.25) is 0 Å². The van der Waals surface area contributed by atoms with E-state index in [2.05, 4.69) is 15.7 Å². The normalized spacial score (nSPS) is 10.8. The third-order valence-corrected chi connectivity index (χ3v) is 4.67. The largest absolute Gasteiger partial charge is 0.477 e. The van der Waals surface area contributed by atoms with Gasteiger partial charge in [-0.1, -0.05) is 0 Å². The van der Waals surface area contributed by atoms with Gasteiger partial charge >= 0.3 is 5.97 Å². The average Bonchev–Trinajstić information content (AvgIpc) is 2.92. The van der Waals surface area contributed by atoms with Crippen molar-refractivity contribution >= 4 is 28.6 Å². The summed E-state index contributed by atoms with van der Waals surface area (Å²) >= 11 is 3.00. The SMILES string of the molecule is Cc1nc(CCNCc2cc(C(=O)O)sc2C)cs1. The summed E-state index contributed by atoms with van der Waals surface area (Å²) in [5.74, 6) is -0.850. The van der Waals surface area contributed by atoms with Crippen LogP contribution in [-0.2, 0) is 13.0 Å². The van der Waals surface area contributed by atoms with E-state index in [1.165, 1.54) is 11.3 Å². The molecule has 0 atom stereocenters. The first-order valence-corrected chi connectivity index (χ1v) is 7.70. The Morgan fingerprint density at radius 3 is 2.84 bits per heavy atom. The number of aryl methyl sites for hydroxylation is 2. The Balaban J connectivity index is 1.81. The molecule has 4 nitrogen and oxygen atoms in total. The van der Waals surface area contributed by atoms with Crippen LogP contribution >= 0.6 is 22.7 Å². The van der Waals surface area contributed by atoms with Crippen molar-refractivity contribution < 1.29 is 9.90 Å². The fourth-order valence-corrected chi connectivity index (χ4v) is 3.29. The van der Waals surface area contributed by atoms with Gasteiger partial charge in [-0.05, 0) is 25.5 Å². The Morgan fingerprint density at radius 2 is 2.26 bits per heavy atom. The Labute approximate surface area is 120 Å². The van der Waals surface area contributed by atoms with Crippen LogP contribution < -0.4 is 5.32 Å². The molecule has 0 saturated heterocycles. The average molecular weight is 296 g/mol. The van der Waals surface area contributed by atoms with Crippen LogP contribution in [0.5, 0.6) is 0 Å². The third-order valence-electron chi connectivity index (χ3n) is 2.77. The van der Waals surface area contributed by atoms with Crippen molar-refractivity contribution in [1.82, 2.24) is 10.3 Å². The molecule has 6 heteroatoms. The van der Waals surface area contributed by atoms with Crippen molar-refractivity contribution in [2.24, 2.45) is 0 Å². The first-order chi connectivity index (χ1) is 9.06. The number of nitrogens with zero attached hydrogens (tertiary/aromatic N) is 1. The van der Waals surface area contributed by atoms with Crippen LogP contribution in [0.3, 0.4) is 0 Å². The Morgan fingerprint density at radius 1 is 1.47 bits per heavy atom. The van der Waals surface area contributed by atoms with E-state index in [1.807, 2.05) is 13.8 Å². The molecule has 2 aromatic heterocycles. The van der Waals surface area contributed by atoms with Crippen LogP contribution in [0, 0.1) is 13.8 Å². The van der Waals surface area contributed by atoms with Crippen LogP contribution in [-0.4, -0.2) is 22.6 Å². The molecule has 2 heterocycles. The van der Waals surface area contributed by atoms with E-state index >= 15 is 0 Å². The number of aromatic carboxylic acids is 1. The molecule has 0 aliphatic rings. The minimum Gasteiger partial charge on any atom is -0.477 e. The predicted molar refractivity (Wildman–Crippen MR) is 78.3 cm³/mol. The summed E-state index contributed by atoms with van der Waals surface area (Å²) < 4.78 is 0. The standard InChI is InChI=1S/C13H16N2O2S2/c1-8-10(5-12(19-8)13(16)17)6-14-4-3-11-7-18-9(2)15-11/h5,7,14H,3-4,6H2,1-2H3,(H,16,17). The summed E-state index contributed by atoms with van der Waals surface area (Å²) in [6.45, 7) is 5.52. The summed E-state index contributed by atoms with van der Waals surface area (Å²) in [7, 11) is 0. The number of rotatable bonds is 6. The van der Waals surface area contributed by atoms with Gasteiger partial charge in [-0.2, -0.15) is 0 Å². The molecular weight excluding hydrogens is 280 g/mol. The van der Waals surface area contributed by atoms with Gasteiger partial charge in [0, 0.05) is 29.8 Å². The summed E-state index contributed by atoms with van der Waals surface area (Å²) in [4.78, 5) is 16.7. The monoisotopic (exact) mass is 296 g/mol. The van der Waals surface area contributed by atoms with Gasteiger partial charge in [-0.3, -0.25) is 0 Å². The van der Waals surface area contributed by atoms with Gasteiger partial charge in [-0.25, -0.2) is 9.78 Å². The second kappa shape index (κ2) is 6.27. The lowest BCUT2D eigenvalue weighted by atomic mass is 10.2. The summed E-state index contributed by atoms with van der Waals surface area (Å²) in [5.41, 5.74) is 2.18. The van der Waals surface area contributed by atoms with Crippen LogP contribution in [0.25, 0.3) is 0 Å². The predicted octanol–water partition coefficient (Wildman–Crippen LogP) is 2.85. The number of carboxylic acid groups (broad SMARTS) is 1. The van der Waals surface area contributed by atoms with E-state index in [1.54, 1.807) is 17.4 Å². The van der Waals surface area contributed by atoms with Gasteiger partial charge < -0.3 is 10.4 Å². The number of hydrogen-bond donors (Lipinski definition) is 2. The zero-order valence-corrected chi connectivity index (χ0v) is 12.5. The first-order valence-electron chi connectivity index (χ1n) is 6.00. The lowest BCUT2D eigenvalue weighted by Crippen LogP contribution is -2.16. The lowest BCUT2D eigenvalue weighted by Gasteiger charge is -2.02. The minimum atomic E-state index is -0.850. The Kier molecular flexibility index (Phi) is 4.68. The maximum absolute atomic E-state index is 10.9. The van der Waals surface area contributed by atoms with E-state index in [9.17, 15) is 4.79 Å². The van der Waals surface area contributed by atoms with E-state index in [0.29, 0.717) is 11.4 Å². The van der Waals surface area contributed by atoms with Gasteiger partial charge in [0.25, 0.3) is 0 Å². The molecule has 0 bridgehead atoms. The Hall–Kier alpha value is -1.24. The van der Waals surface area contributed by atoms with Crippen LogP contribution in [0.4, 0.5) is 0 Å². The van der Waals surface area contributed by atoms with Gasteiger partial charge in [0.05, 0.1) is 10.7 Å². The highest BCUT2D eigenvalue weighted by Gasteiger charge is 2.10. The minimum absolute atomic E-state index is 0.407. The summed E-state index contributed by atoms with van der Waals surface area (Å²) in [6, 6.07) is 1.75. The topological polar surface area (TPSA) is 62.2 Å². The number of carboxylic acids is 1. The molecule has 0 aliphatic heterocycles. The fourth-order valence-electron chi connectivity index (χ4n) is 1.76. The number of nitrogens with one attached hydrogen (secondary N) is 1. The fraction of sp³-hybridized carbons (Fsp3) is 0.385. The first kappa shape index (κ1) is 14.2. The van der Waals surface area contributed by atoms with Crippen molar-refractivity contribution in [1.29, 1.82) is 0 Å². The molecule has 0 unspecified atom stereocenters. The number of aromatic nitrogens is 1. The second-order valence-electron chi connectivity index (χ2n) is 4.28. The maximum atomic E-state index is 10.9. The molecule has 0 saturated carbocycles. The van der Waals surface area contributed by atoms with E-state index in [0.717, 1.165) is 34.1 Å². The van der Waals surface area contributed by atoms with E-state index < -0.39 is 5.97 Å². The zero-order chi connectivity index (χ0) is 13.8. The lowest BCUT2D eigenvalue weighted by molar-refractivity contribution is 0.0702. The van der Waals surface area contributed by atoms with Crippen LogP contribution in [0.15, 0.2) is 11.4 Å². The van der Waals surface area contributed by atoms with Gasteiger partial charge in [0.15, 0.2) is 0 Å². The van der Waals surface area contributed by atoms with E-state index in [-0.39, 0.29) is 0 Å². The molecule has 0 spiro atoms. The Bertz CT molecular complexity index is 575. The van der Waals surface area contributed by atoms with Crippen LogP contribution in [0.1, 0.15) is 30.8 Å². The highest BCUT2D eigenvalue weighted by Crippen LogP contribution is 2.21. The third kappa shape index (κ3) is 3.86. The molecular formula is C13H16N2O2S2. The molecule has 0 amide bonds. The van der Waals surface area contributed by atoms with Crippen molar-refractivity contribution in [3.63, 3.8) is 0 Å². The van der Waals surface area contributed by atoms with Crippen molar-refractivity contribution in [2.45, 2.75) is 26.8 Å². The molecule has 19 heavy (non-hydrogen) atoms. The van der Waals surface area contributed by atoms with Crippen LogP contribution in [0.2, 0.25) is 0 Å². The zero-order valence-electron chi connectivity index (χ0n) is 10.9. The van der Waals surface area contributed by atoms with Crippen molar-refractivity contribution in [3.05, 3.63) is 37.5 Å².